The van der Waals surface area contributed by atoms with Gasteiger partial charge in [0, 0.05) is 17.1 Å². The molecule has 1 amide bonds. The zero-order valence-corrected chi connectivity index (χ0v) is 19.1. The van der Waals surface area contributed by atoms with E-state index in [1.54, 1.807) is 45.4 Å². The predicted octanol–water partition coefficient (Wildman–Crippen LogP) is 4.04. The van der Waals surface area contributed by atoms with Crippen molar-refractivity contribution < 1.29 is 23.8 Å². The van der Waals surface area contributed by atoms with Gasteiger partial charge in [0.2, 0.25) is 5.91 Å². The number of aromatic amines is 1. The molecule has 0 saturated carbocycles. The first-order valence-electron chi connectivity index (χ1n) is 10.1. The Balaban J connectivity index is 1.49. The molecule has 170 valence electrons. The molecule has 0 aliphatic carbocycles. The van der Waals surface area contributed by atoms with Crippen molar-refractivity contribution in [1.82, 2.24) is 15.0 Å². The molecule has 4 rings (SSSR count). The monoisotopic (exact) mass is 466 g/mol. The molecule has 0 saturated heterocycles. The van der Waals surface area contributed by atoms with Crippen LogP contribution in [0.25, 0.3) is 21.9 Å². The third-order valence-electron chi connectivity index (χ3n) is 4.87. The molecule has 33 heavy (non-hydrogen) atoms. The fourth-order valence-corrected chi connectivity index (χ4v) is 4.10. The van der Waals surface area contributed by atoms with Gasteiger partial charge in [0.25, 0.3) is 0 Å². The smallest absolute Gasteiger partial charge is 0.338 e. The number of thioether (sulfide) groups is 1. The number of rotatable bonds is 8. The van der Waals surface area contributed by atoms with E-state index >= 15 is 0 Å². The Morgan fingerprint density at radius 1 is 1.06 bits per heavy atom. The summed E-state index contributed by atoms with van der Waals surface area (Å²) in [6, 6.07) is 10.3. The molecule has 0 radical (unpaired) electrons. The maximum absolute atomic E-state index is 12.5. The number of esters is 1. The van der Waals surface area contributed by atoms with E-state index in [1.807, 2.05) is 12.1 Å². The minimum Gasteiger partial charge on any atom is -0.493 e. The lowest BCUT2D eigenvalue weighted by Gasteiger charge is -2.07. The topological polar surface area (TPSA) is 115 Å². The summed E-state index contributed by atoms with van der Waals surface area (Å²) in [5, 5.41) is 4.34. The second kappa shape index (κ2) is 9.78. The summed E-state index contributed by atoms with van der Waals surface area (Å²) < 4.78 is 15.7. The van der Waals surface area contributed by atoms with Gasteiger partial charge in [0.05, 0.1) is 43.2 Å². The van der Waals surface area contributed by atoms with Gasteiger partial charge in [-0.3, -0.25) is 4.79 Å². The van der Waals surface area contributed by atoms with Gasteiger partial charge in [0.1, 0.15) is 16.9 Å². The van der Waals surface area contributed by atoms with E-state index in [9.17, 15) is 9.59 Å². The summed E-state index contributed by atoms with van der Waals surface area (Å²) in [4.78, 5) is 36.3. The molecule has 4 aromatic rings. The second-order valence-corrected chi connectivity index (χ2v) is 7.88. The third kappa shape index (κ3) is 4.70. The molecule has 0 aliphatic heterocycles. The van der Waals surface area contributed by atoms with E-state index in [1.165, 1.54) is 18.1 Å². The SMILES string of the molecule is CCOC(=O)c1ccc(NC(=O)CSc2ncnc3c2[nH]c2cc(OC)c(OC)cc23)cc1. The van der Waals surface area contributed by atoms with Gasteiger partial charge < -0.3 is 24.5 Å². The highest BCUT2D eigenvalue weighted by molar-refractivity contribution is 8.00. The number of hydrogen-bond acceptors (Lipinski definition) is 8. The van der Waals surface area contributed by atoms with Crippen molar-refractivity contribution in [2.45, 2.75) is 11.9 Å². The first-order chi connectivity index (χ1) is 16.0. The van der Waals surface area contributed by atoms with Gasteiger partial charge in [-0.1, -0.05) is 11.8 Å². The highest BCUT2D eigenvalue weighted by atomic mass is 32.2. The number of anilines is 1. The number of hydrogen-bond donors (Lipinski definition) is 2. The summed E-state index contributed by atoms with van der Waals surface area (Å²) in [5.41, 5.74) is 3.32. The van der Waals surface area contributed by atoms with Crippen molar-refractivity contribution in [2.75, 3.05) is 31.9 Å². The van der Waals surface area contributed by atoms with Crippen molar-refractivity contribution >= 4 is 51.3 Å². The van der Waals surface area contributed by atoms with Crippen LogP contribution in [0.15, 0.2) is 47.8 Å². The van der Waals surface area contributed by atoms with E-state index in [2.05, 4.69) is 20.3 Å². The lowest BCUT2D eigenvalue weighted by atomic mass is 10.2. The van der Waals surface area contributed by atoms with Crippen molar-refractivity contribution in [1.29, 1.82) is 0 Å². The van der Waals surface area contributed by atoms with E-state index in [0.717, 1.165) is 21.9 Å². The van der Waals surface area contributed by atoms with Gasteiger partial charge in [0.15, 0.2) is 11.5 Å². The number of carbonyl (C=O) groups is 2. The Morgan fingerprint density at radius 2 is 1.79 bits per heavy atom. The normalized spacial score (nSPS) is 10.9. The third-order valence-corrected chi connectivity index (χ3v) is 5.86. The minimum atomic E-state index is -0.396. The highest BCUT2D eigenvalue weighted by Gasteiger charge is 2.16. The van der Waals surface area contributed by atoms with E-state index in [0.29, 0.717) is 34.4 Å². The number of nitrogens with one attached hydrogen (secondary N) is 2. The predicted molar refractivity (Wildman–Crippen MR) is 126 cm³/mol. The average Bonchev–Trinajstić information content (AvgIpc) is 3.20. The van der Waals surface area contributed by atoms with Crippen LogP contribution < -0.4 is 14.8 Å². The summed E-state index contributed by atoms with van der Waals surface area (Å²) in [7, 11) is 3.16. The number of nitrogens with zero attached hydrogens (tertiary/aromatic N) is 2. The Morgan fingerprint density at radius 3 is 2.48 bits per heavy atom. The Hall–Kier alpha value is -3.79. The highest BCUT2D eigenvalue weighted by Crippen LogP contribution is 2.36. The number of ether oxygens (including phenoxy) is 3. The largest absolute Gasteiger partial charge is 0.493 e. The van der Waals surface area contributed by atoms with Crippen LogP contribution in [-0.4, -0.2) is 53.4 Å². The van der Waals surface area contributed by atoms with Crippen LogP contribution in [-0.2, 0) is 9.53 Å². The summed E-state index contributed by atoms with van der Waals surface area (Å²) >= 11 is 1.30. The molecule has 0 unspecified atom stereocenters. The average molecular weight is 467 g/mol. The molecular weight excluding hydrogens is 444 g/mol. The van der Waals surface area contributed by atoms with Gasteiger partial charge in [-0.2, -0.15) is 0 Å². The number of carbonyl (C=O) groups excluding carboxylic acids is 2. The Kier molecular flexibility index (Phi) is 6.64. The molecule has 2 heterocycles. The van der Waals surface area contributed by atoms with Crippen molar-refractivity contribution in [3.8, 4) is 11.5 Å². The number of amides is 1. The molecule has 2 aromatic heterocycles. The second-order valence-electron chi connectivity index (χ2n) is 6.91. The lowest BCUT2D eigenvalue weighted by Crippen LogP contribution is -2.14. The van der Waals surface area contributed by atoms with E-state index < -0.39 is 5.97 Å². The molecule has 0 fully saturated rings. The van der Waals surface area contributed by atoms with Crippen molar-refractivity contribution in [3.63, 3.8) is 0 Å². The number of methoxy groups -OCH3 is 2. The zero-order chi connectivity index (χ0) is 23.4. The van der Waals surface area contributed by atoms with E-state index in [-0.39, 0.29) is 11.7 Å². The number of H-pyrrole nitrogens is 1. The van der Waals surface area contributed by atoms with Gasteiger partial charge >= 0.3 is 5.97 Å². The summed E-state index contributed by atoms with van der Waals surface area (Å²) in [5.74, 6) is 0.759. The van der Waals surface area contributed by atoms with Gasteiger partial charge in [-0.15, -0.1) is 0 Å². The Bertz CT molecular complexity index is 1320. The van der Waals surface area contributed by atoms with Crippen LogP contribution in [0.2, 0.25) is 0 Å². The van der Waals surface area contributed by atoms with Gasteiger partial charge in [-0.05, 0) is 37.3 Å². The zero-order valence-electron chi connectivity index (χ0n) is 18.3. The molecule has 0 spiro atoms. The minimum absolute atomic E-state index is 0.147. The van der Waals surface area contributed by atoms with Crippen molar-refractivity contribution in [3.05, 3.63) is 48.3 Å². The van der Waals surface area contributed by atoms with E-state index in [4.69, 9.17) is 14.2 Å². The molecule has 0 atom stereocenters. The standard InChI is InChI=1S/C23H22N4O5S/c1-4-32-23(29)13-5-7-14(8-6-13)26-19(28)11-33-22-21-20(24-12-25-22)15-9-17(30-2)18(31-3)10-16(15)27-21/h5-10,12,27H,4,11H2,1-3H3,(H,26,28). The lowest BCUT2D eigenvalue weighted by molar-refractivity contribution is -0.113. The molecule has 0 aliphatic rings. The summed E-state index contributed by atoms with van der Waals surface area (Å²) in [6.07, 6.45) is 1.47. The number of fused-ring (bicyclic) bond motifs is 3. The molecule has 0 bridgehead atoms. The van der Waals surface area contributed by atoms with Gasteiger partial charge in [-0.25, -0.2) is 14.8 Å². The van der Waals surface area contributed by atoms with Crippen LogP contribution in [0.4, 0.5) is 5.69 Å². The maximum Gasteiger partial charge on any atom is 0.338 e. The molecule has 10 heteroatoms. The summed E-state index contributed by atoms with van der Waals surface area (Å²) in [6.45, 7) is 2.06. The van der Waals surface area contributed by atoms with Crippen LogP contribution >= 0.6 is 11.8 Å². The van der Waals surface area contributed by atoms with Crippen LogP contribution in [0, 0.1) is 0 Å². The van der Waals surface area contributed by atoms with Crippen molar-refractivity contribution in [2.24, 2.45) is 0 Å². The quantitative estimate of drug-likeness (QED) is 0.227. The maximum atomic E-state index is 12.5. The number of benzene rings is 2. The molecule has 2 aromatic carbocycles. The first-order valence-corrected chi connectivity index (χ1v) is 11.1. The Labute approximate surface area is 193 Å². The molecular formula is C23H22N4O5S. The van der Waals surface area contributed by atoms with Crippen LogP contribution in [0.5, 0.6) is 11.5 Å². The molecule has 2 N–H and O–H groups in total. The fourth-order valence-electron chi connectivity index (χ4n) is 3.34. The molecule has 9 nitrogen and oxygen atoms in total. The number of aromatic nitrogens is 3. The van der Waals surface area contributed by atoms with Crippen LogP contribution in [0.1, 0.15) is 17.3 Å². The first kappa shape index (κ1) is 22.4. The van der Waals surface area contributed by atoms with Crippen LogP contribution in [0.3, 0.4) is 0 Å². The fraction of sp³-hybridized carbons (Fsp3) is 0.217.